The van der Waals surface area contributed by atoms with Crippen molar-refractivity contribution in [3.8, 4) is 23.1 Å². The molecule has 2 aromatic heterocycles. The lowest BCUT2D eigenvalue weighted by Crippen LogP contribution is -1.87. The van der Waals surface area contributed by atoms with Gasteiger partial charge in [-0.15, -0.1) is 0 Å². The molecule has 3 rings (SSSR count). The van der Waals surface area contributed by atoms with E-state index < -0.39 is 0 Å². The fraction of sp³-hybridized carbons (Fsp3) is 0. The number of anilines is 1. The summed E-state index contributed by atoms with van der Waals surface area (Å²) in [6.45, 7) is 0. The number of hydrogen-bond acceptors (Lipinski definition) is 6. The maximum Gasteiger partial charge on any atom is 0.259 e. The van der Waals surface area contributed by atoms with E-state index >= 15 is 0 Å². The predicted octanol–water partition coefficient (Wildman–Crippen LogP) is 1.76. The first-order valence-electron chi connectivity index (χ1n) is 4.99. The lowest BCUT2D eigenvalue weighted by Gasteiger charge is -1.99. The van der Waals surface area contributed by atoms with E-state index in [1.807, 2.05) is 0 Å². The summed E-state index contributed by atoms with van der Waals surface area (Å²) < 4.78 is 5.12. The summed E-state index contributed by atoms with van der Waals surface area (Å²) in [7, 11) is 0. The Bertz CT molecular complexity index is 678. The van der Waals surface area contributed by atoms with Crippen molar-refractivity contribution in [2.75, 3.05) is 5.73 Å². The third-order valence-electron chi connectivity index (χ3n) is 2.27. The van der Waals surface area contributed by atoms with Crippen molar-refractivity contribution < 1.29 is 4.52 Å². The molecule has 7 nitrogen and oxygen atoms in total. The second kappa shape index (κ2) is 4.11. The molecule has 0 radical (unpaired) electrons. The standard InChI is InChI=1S/C10H7ClN6O/c11-7-2-1-5(12)3-6(7)10-15-9(17-18-10)8-13-4-14-16-8/h1-4H,12H2,(H,13,14,16). The molecule has 3 N–H and O–H groups in total. The zero-order chi connectivity index (χ0) is 12.5. The van der Waals surface area contributed by atoms with Crippen molar-refractivity contribution in [3.63, 3.8) is 0 Å². The Kier molecular flexibility index (Phi) is 2.45. The molecular formula is C10H7ClN6O. The van der Waals surface area contributed by atoms with Gasteiger partial charge in [-0.3, -0.25) is 5.10 Å². The number of H-pyrrole nitrogens is 1. The van der Waals surface area contributed by atoms with Crippen LogP contribution in [0.5, 0.6) is 0 Å². The molecule has 0 bridgehead atoms. The number of aromatic amines is 1. The number of nitrogens with two attached hydrogens (primary N) is 1. The van der Waals surface area contributed by atoms with Crippen molar-refractivity contribution in [3.05, 3.63) is 29.5 Å². The van der Waals surface area contributed by atoms with Crippen LogP contribution in [-0.4, -0.2) is 25.3 Å². The molecule has 0 spiro atoms. The minimum atomic E-state index is 0.277. The summed E-state index contributed by atoms with van der Waals surface area (Å²) in [4.78, 5) is 8.10. The van der Waals surface area contributed by atoms with Crippen LogP contribution in [0.15, 0.2) is 29.0 Å². The fourth-order valence-electron chi connectivity index (χ4n) is 1.45. The number of halogens is 1. The molecule has 90 valence electrons. The van der Waals surface area contributed by atoms with Crippen molar-refractivity contribution in [2.45, 2.75) is 0 Å². The largest absolute Gasteiger partial charge is 0.399 e. The molecule has 0 aliphatic carbocycles. The quantitative estimate of drug-likeness (QED) is 0.682. The van der Waals surface area contributed by atoms with E-state index in [1.54, 1.807) is 18.2 Å². The molecule has 2 heterocycles. The van der Waals surface area contributed by atoms with Gasteiger partial charge in [-0.25, -0.2) is 4.98 Å². The highest BCUT2D eigenvalue weighted by Crippen LogP contribution is 2.29. The van der Waals surface area contributed by atoms with Crippen LogP contribution < -0.4 is 5.73 Å². The van der Waals surface area contributed by atoms with Gasteiger partial charge >= 0.3 is 0 Å². The van der Waals surface area contributed by atoms with Crippen molar-refractivity contribution in [1.29, 1.82) is 0 Å². The molecule has 0 saturated carbocycles. The normalized spacial score (nSPS) is 10.7. The van der Waals surface area contributed by atoms with E-state index in [-0.39, 0.29) is 5.89 Å². The second-order valence-electron chi connectivity index (χ2n) is 3.50. The number of aromatic nitrogens is 5. The summed E-state index contributed by atoms with van der Waals surface area (Å²) in [6.07, 6.45) is 1.36. The summed E-state index contributed by atoms with van der Waals surface area (Å²) in [5.41, 5.74) is 6.83. The van der Waals surface area contributed by atoms with Gasteiger partial charge in [0.25, 0.3) is 5.89 Å². The first-order valence-corrected chi connectivity index (χ1v) is 5.36. The molecule has 18 heavy (non-hydrogen) atoms. The molecule has 3 aromatic rings. The summed E-state index contributed by atoms with van der Waals surface area (Å²) in [5.74, 6) is 1.00. The summed E-state index contributed by atoms with van der Waals surface area (Å²) >= 11 is 6.05. The highest BCUT2D eigenvalue weighted by Gasteiger charge is 2.15. The molecule has 0 saturated heterocycles. The van der Waals surface area contributed by atoms with Gasteiger partial charge in [-0.2, -0.15) is 10.1 Å². The topological polar surface area (TPSA) is 107 Å². The van der Waals surface area contributed by atoms with E-state index in [0.717, 1.165) is 0 Å². The van der Waals surface area contributed by atoms with E-state index in [0.29, 0.717) is 27.9 Å². The third kappa shape index (κ3) is 1.80. The number of nitrogens with one attached hydrogen (secondary N) is 1. The first-order chi connectivity index (χ1) is 8.74. The highest BCUT2D eigenvalue weighted by atomic mass is 35.5. The minimum Gasteiger partial charge on any atom is -0.399 e. The number of nitrogens with zero attached hydrogens (tertiary/aromatic N) is 4. The molecule has 8 heteroatoms. The van der Waals surface area contributed by atoms with Gasteiger partial charge in [-0.1, -0.05) is 16.8 Å². The average Bonchev–Trinajstić information content (AvgIpc) is 3.00. The van der Waals surface area contributed by atoms with Crippen molar-refractivity contribution >= 4 is 17.3 Å². The monoisotopic (exact) mass is 262 g/mol. The van der Waals surface area contributed by atoms with Crippen LogP contribution in [-0.2, 0) is 0 Å². The maximum absolute atomic E-state index is 6.05. The van der Waals surface area contributed by atoms with Crippen LogP contribution in [0.2, 0.25) is 5.02 Å². The van der Waals surface area contributed by atoms with Gasteiger partial charge in [0, 0.05) is 5.69 Å². The lowest BCUT2D eigenvalue weighted by molar-refractivity contribution is 0.432. The zero-order valence-electron chi connectivity index (χ0n) is 8.96. The Hall–Kier alpha value is -2.41. The molecule has 1 aromatic carbocycles. The van der Waals surface area contributed by atoms with Gasteiger partial charge in [0.05, 0.1) is 10.6 Å². The Morgan fingerprint density at radius 1 is 1.33 bits per heavy atom. The van der Waals surface area contributed by atoms with Gasteiger partial charge in [0.2, 0.25) is 5.82 Å². The van der Waals surface area contributed by atoms with Crippen molar-refractivity contribution in [1.82, 2.24) is 25.3 Å². The van der Waals surface area contributed by atoms with Crippen molar-refractivity contribution in [2.24, 2.45) is 0 Å². The molecule has 0 fully saturated rings. The molecule has 0 atom stereocenters. The Labute approximate surface area is 106 Å². The molecule has 0 aliphatic heterocycles. The number of hydrogen-bond donors (Lipinski definition) is 2. The maximum atomic E-state index is 6.05. The minimum absolute atomic E-state index is 0.277. The summed E-state index contributed by atoms with van der Waals surface area (Å²) in [5, 5.41) is 10.6. The average molecular weight is 263 g/mol. The Balaban J connectivity index is 2.05. The van der Waals surface area contributed by atoms with Gasteiger partial charge in [0.1, 0.15) is 6.33 Å². The SMILES string of the molecule is Nc1ccc(Cl)c(-c2nc(-c3ncn[nH]3)no2)c1. The smallest absolute Gasteiger partial charge is 0.259 e. The summed E-state index contributed by atoms with van der Waals surface area (Å²) in [6, 6.07) is 5.03. The first kappa shape index (κ1) is 10.7. The van der Waals surface area contributed by atoms with E-state index in [1.165, 1.54) is 6.33 Å². The number of benzene rings is 1. The van der Waals surface area contributed by atoms with E-state index in [4.69, 9.17) is 21.9 Å². The van der Waals surface area contributed by atoms with E-state index in [9.17, 15) is 0 Å². The van der Waals surface area contributed by atoms with E-state index in [2.05, 4.69) is 25.3 Å². The molecular weight excluding hydrogens is 256 g/mol. The van der Waals surface area contributed by atoms with Crippen LogP contribution in [0.25, 0.3) is 23.1 Å². The van der Waals surface area contributed by atoms with Crippen LogP contribution in [0.3, 0.4) is 0 Å². The van der Waals surface area contributed by atoms with Gasteiger partial charge in [-0.05, 0) is 18.2 Å². The zero-order valence-corrected chi connectivity index (χ0v) is 9.72. The molecule has 0 amide bonds. The van der Waals surface area contributed by atoms with Crippen LogP contribution in [0.1, 0.15) is 0 Å². The number of rotatable bonds is 2. The number of nitrogen functional groups attached to an aromatic ring is 1. The third-order valence-corrected chi connectivity index (χ3v) is 2.60. The van der Waals surface area contributed by atoms with Crippen LogP contribution >= 0.6 is 11.6 Å². The van der Waals surface area contributed by atoms with Gasteiger partial charge in [0.15, 0.2) is 5.82 Å². The Morgan fingerprint density at radius 2 is 2.22 bits per heavy atom. The highest BCUT2D eigenvalue weighted by molar-refractivity contribution is 6.33. The molecule has 0 unspecified atom stereocenters. The lowest BCUT2D eigenvalue weighted by atomic mass is 10.2. The van der Waals surface area contributed by atoms with Crippen LogP contribution in [0, 0.1) is 0 Å². The Morgan fingerprint density at radius 3 is 3.00 bits per heavy atom. The predicted molar refractivity (Wildman–Crippen MR) is 64.5 cm³/mol. The van der Waals surface area contributed by atoms with Gasteiger partial charge < -0.3 is 10.3 Å². The second-order valence-corrected chi connectivity index (χ2v) is 3.90. The van der Waals surface area contributed by atoms with Crippen LogP contribution in [0.4, 0.5) is 5.69 Å². The fourth-order valence-corrected chi connectivity index (χ4v) is 1.65. The molecule has 0 aliphatic rings.